The first-order valence-electron chi connectivity index (χ1n) is 9.01. The predicted octanol–water partition coefficient (Wildman–Crippen LogP) is 1.24. The standard InChI is InChI=1S/C18H27N3O3/c1-13-11-15(14-5-4-6-19-12-14)24-18(23)16(13)17(22)20-7-10-21-8-2-3-9-21/h11,14,19H,2-10,12H2,1H3,(H,20,22). The van der Waals surface area contributed by atoms with Gasteiger partial charge in [0, 0.05) is 25.6 Å². The summed E-state index contributed by atoms with van der Waals surface area (Å²) in [5, 5.41) is 6.17. The number of rotatable bonds is 5. The Hall–Kier alpha value is -1.66. The number of hydrogen-bond donors (Lipinski definition) is 2. The molecule has 1 aromatic heterocycles. The van der Waals surface area contributed by atoms with Gasteiger partial charge in [-0.15, -0.1) is 0 Å². The van der Waals surface area contributed by atoms with Gasteiger partial charge in [0.2, 0.25) is 0 Å². The van der Waals surface area contributed by atoms with Gasteiger partial charge in [-0.05, 0) is 63.9 Å². The average molecular weight is 333 g/mol. The Morgan fingerprint density at radius 2 is 2.17 bits per heavy atom. The number of amides is 1. The van der Waals surface area contributed by atoms with Crippen molar-refractivity contribution in [3.8, 4) is 0 Å². The normalized spacial score (nSPS) is 21.8. The molecule has 0 aromatic carbocycles. The zero-order chi connectivity index (χ0) is 16.9. The third-order valence-corrected chi connectivity index (χ3v) is 5.01. The maximum atomic E-state index is 12.3. The van der Waals surface area contributed by atoms with Crippen LogP contribution in [-0.4, -0.2) is 50.1 Å². The minimum Gasteiger partial charge on any atom is -0.427 e. The fourth-order valence-corrected chi connectivity index (χ4v) is 3.62. The van der Waals surface area contributed by atoms with Crippen molar-refractivity contribution in [3.63, 3.8) is 0 Å². The van der Waals surface area contributed by atoms with Gasteiger partial charge >= 0.3 is 5.63 Å². The summed E-state index contributed by atoms with van der Waals surface area (Å²) in [6.45, 7) is 7.24. The van der Waals surface area contributed by atoms with Crippen LogP contribution in [-0.2, 0) is 0 Å². The second-order valence-electron chi connectivity index (χ2n) is 6.84. The van der Waals surface area contributed by atoms with Crippen molar-refractivity contribution in [1.82, 2.24) is 15.5 Å². The van der Waals surface area contributed by atoms with E-state index in [9.17, 15) is 9.59 Å². The highest BCUT2D eigenvalue weighted by Crippen LogP contribution is 2.23. The van der Waals surface area contributed by atoms with Crippen LogP contribution < -0.4 is 16.3 Å². The Bertz CT molecular complexity index is 629. The molecule has 6 nitrogen and oxygen atoms in total. The molecule has 0 radical (unpaired) electrons. The molecule has 2 N–H and O–H groups in total. The van der Waals surface area contributed by atoms with Crippen molar-refractivity contribution < 1.29 is 9.21 Å². The third-order valence-electron chi connectivity index (χ3n) is 5.01. The highest BCUT2D eigenvalue weighted by Gasteiger charge is 2.22. The molecule has 132 valence electrons. The molecule has 0 spiro atoms. The van der Waals surface area contributed by atoms with E-state index >= 15 is 0 Å². The summed E-state index contributed by atoms with van der Waals surface area (Å²) in [4.78, 5) is 27.0. The lowest BCUT2D eigenvalue weighted by molar-refractivity contribution is 0.0944. The third kappa shape index (κ3) is 4.05. The quantitative estimate of drug-likeness (QED) is 0.848. The molecule has 3 heterocycles. The summed E-state index contributed by atoms with van der Waals surface area (Å²) in [5.74, 6) is 0.588. The molecular weight excluding hydrogens is 306 g/mol. The van der Waals surface area contributed by atoms with Gasteiger partial charge in [-0.1, -0.05) is 0 Å². The molecular formula is C18H27N3O3. The van der Waals surface area contributed by atoms with Crippen LogP contribution in [0, 0.1) is 6.92 Å². The molecule has 0 aliphatic carbocycles. The number of aryl methyl sites for hydroxylation is 1. The maximum absolute atomic E-state index is 12.3. The van der Waals surface area contributed by atoms with Crippen molar-refractivity contribution >= 4 is 5.91 Å². The first-order chi connectivity index (χ1) is 11.6. The SMILES string of the molecule is Cc1cc(C2CCCNC2)oc(=O)c1C(=O)NCCN1CCCC1. The van der Waals surface area contributed by atoms with E-state index in [0.717, 1.165) is 45.6 Å². The van der Waals surface area contributed by atoms with Crippen molar-refractivity contribution in [3.05, 3.63) is 33.4 Å². The van der Waals surface area contributed by atoms with Crippen LogP contribution in [0.25, 0.3) is 0 Å². The molecule has 1 unspecified atom stereocenters. The lowest BCUT2D eigenvalue weighted by atomic mass is 9.95. The van der Waals surface area contributed by atoms with Crippen LogP contribution in [0.1, 0.15) is 53.3 Å². The fourth-order valence-electron chi connectivity index (χ4n) is 3.62. The molecule has 2 aliphatic rings. The summed E-state index contributed by atoms with van der Waals surface area (Å²) < 4.78 is 5.46. The van der Waals surface area contributed by atoms with Crippen molar-refractivity contribution in [2.24, 2.45) is 0 Å². The molecule has 1 atom stereocenters. The van der Waals surface area contributed by atoms with Gasteiger partial charge in [-0.25, -0.2) is 4.79 Å². The minimum absolute atomic E-state index is 0.143. The van der Waals surface area contributed by atoms with Crippen molar-refractivity contribution in [2.75, 3.05) is 39.3 Å². The predicted molar refractivity (Wildman–Crippen MR) is 92.6 cm³/mol. The van der Waals surface area contributed by atoms with Crippen LogP contribution in [0.4, 0.5) is 0 Å². The Balaban J connectivity index is 1.63. The largest absolute Gasteiger partial charge is 0.427 e. The van der Waals surface area contributed by atoms with Crippen molar-refractivity contribution in [2.45, 2.75) is 38.5 Å². The molecule has 24 heavy (non-hydrogen) atoms. The fraction of sp³-hybridized carbons (Fsp3) is 0.667. The van der Waals surface area contributed by atoms with Gasteiger partial charge in [0.1, 0.15) is 11.3 Å². The average Bonchev–Trinajstić information content (AvgIpc) is 3.08. The van der Waals surface area contributed by atoms with Gasteiger partial charge in [0.15, 0.2) is 0 Å². The van der Waals surface area contributed by atoms with Crippen LogP contribution in [0.15, 0.2) is 15.3 Å². The number of likely N-dealkylation sites (tertiary alicyclic amines) is 1. The zero-order valence-electron chi connectivity index (χ0n) is 14.4. The molecule has 2 fully saturated rings. The number of hydrogen-bond acceptors (Lipinski definition) is 5. The summed E-state index contributed by atoms with van der Waals surface area (Å²) in [5.41, 5.74) is 0.323. The Morgan fingerprint density at radius 3 is 2.83 bits per heavy atom. The number of nitrogens with zero attached hydrogens (tertiary/aromatic N) is 1. The van der Waals surface area contributed by atoms with Gasteiger partial charge in [-0.2, -0.15) is 0 Å². The molecule has 6 heteroatoms. The number of nitrogens with one attached hydrogen (secondary N) is 2. The molecule has 1 aromatic rings. The lowest BCUT2D eigenvalue weighted by Gasteiger charge is -2.22. The second-order valence-corrected chi connectivity index (χ2v) is 6.84. The number of piperidine rings is 1. The van der Waals surface area contributed by atoms with E-state index in [0.29, 0.717) is 17.9 Å². The van der Waals surface area contributed by atoms with Crippen LogP contribution in [0.3, 0.4) is 0 Å². The Morgan fingerprint density at radius 1 is 1.38 bits per heavy atom. The van der Waals surface area contributed by atoms with Gasteiger partial charge < -0.3 is 20.0 Å². The molecule has 2 saturated heterocycles. The topological polar surface area (TPSA) is 74.6 Å². The van der Waals surface area contributed by atoms with Gasteiger partial charge in [0.05, 0.1) is 0 Å². The molecule has 0 saturated carbocycles. The van der Waals surface area contributed by atoms with Crippen LogP contribution in [0.2, 0.25) is 0 Å². The molecule has 3 rings (SSSR count). The summed E-state index contributed by atoms with van der Waals surface area (Å²) in [7, 11) is 0. The second kappa shape index (κ2) is 7.94. The van der Waals surface area contributed by atoms with Crippen LogP contribution >= 0.6 is 0 Å². The van der Waals surface area contributed by atoms with E-state index in [2.05, 4.69) is 15.5 Å². The molecule has 2 aliphatic heterocycles. The van der Waals surface area contributed by atoms with Crippen molar-refractivity contribution in [1.29, 1.82) is 0 Å². The summed E-state index contributed by atoms with van der Waals surface area (Å²) in [6, 6.07) is 1.86. The highest BCUT2D eigenvalue weighted by atomic mass is 16.4. The number of carbonyl (C=O) groups is 1. The summed E-state index contributed by atoms with van der Waals surface area (Å²) in [6.07, 6.45) is 4.55. The van der Waals surface area contributed by atoms with E-state index < -0.39 is 5.63 Å². The Kier molecular flexibility index (Phi) is 5.68. The Labute approximate surface area is 142 Å². The van der Waals surface area contributed by atoms with E-state index in [1.807, 2.05) is 13.0 Å². The van der Waals surface area contributed by atoms with E-state index in [1.165, 1.54) is 12.8 Å². The maximum Gasteiger partial charge on any atom is 0.349 e. The monoisotopic (exact) mass is 333 g/mol. The van der Waals surface area contributed by atoms with Gasteiger partial charge in [0.25, 0.3) is 5.91 Å². The molecule has 1 amide bonds. The van der Waals surface area contributed by atoms with E-state index in [1.54, 1.807) is 0 Å². The van der Waals surface area contributed by atoms with E-state index in [4.69, 9.17) is 4.42 Å². The lowest BCUT2D eigenvalue weighted by Crippen LogP contribution is -2.36. The highest BCUT2D eigenvalue weighted by molar-refractivity contribution is 5.95. The minimum atomic E-state index is -0.519. The molecule has 0 bridgehead atoms. The van der Waals surface area contributed by atoms with E-state index in [-0.39, 0.29) is 17.4 Å². The number of carbonyl (C=O) groups excluding carboxylic acids is 1. The summed E-state index contributed by atoms with van der Waals surface area (Å²) >= 11 is 0. The zero-order valence-corrected chi connectivity index (χ0v) is 14.4. The van der Waals surface area contributed by atoms with Gasteiger partial charge in [-0.3, -0.25) is 4.79 Å². The first kappa shape index (κ1) is 17.2. The first-order valence-corrected chi connectivity index (χ1v) is 9.01. The van der Waals surface area contributed by atoms with Crippen LogP contribution in [0.5, 0.6) is 0 Å². The smallest absolute Gasteiger partial charge is 0.349 e.